The molecule has 1 fully saturated rings. The summed E-state index contributed by atoms with van der Waals surface area (Å²) in [5.74, 6) is 0.0756. The monoisotopic (exact) mass is 420 g/mol. The molecule has 1 aliphatic rings. The summed E-state index contributed by atoms with van der Waals surface area (Å²) >= 11 is 0. The molecule has 1 amide bonds. The van der Waals surface area contributed by atoms with Gasteiger partial charge in [-0.1, -0.05) is 0 Å². The number of H-pyrrole nitrogens is 1. The molecule has 31 heavy (non-hydrogen) atoms. The lowest BCUT2D eigenvalue weighted by Gasteiger charge is -2.07. The second-order valence-corrected chi connectivity index (χ2v) is 7.54. The molecule has 2 heterocycles. The van der Waals surface area contributed by atoms with Gasteiger partial charge in [-0.15, -0.1) is 0 Å². The highest BCUT2D eigenvalue weighted by atomic mass is 19.1. The topological polar surface area (TPSA) is 88.5 Å². The summed E-state index contributed by atoms with van der Waals surface area (Å²) in [6.07, 6.45) is 3.77. The minimum atomic E-state index is -0.783. The van der Waals surface area contributed by atoms with Gasteiger partial charge in [0.05, 0.1) is 5.56 Å². The average molecular weight is 420 g/mol. The lowest BCUT2D eigenvalue weighted by atomic mass is 10.1. The molecule has 156 valence electrons. The Morgan fingerprint density at radius 1 is 1.16 bits per heavy atom. The number of carbonyl (C=O) groups is 1. The number of benzene rings is 2. The first kappa shape index (κ1) is 19.1. The van der Waals surface area contributed by atoms with Crippen molar-refractivity contribution in [1.82, 2.24) is 25.0 Å². The Labute approximate surface area is 176 Å². The molecule has 0 radical (unpaired) electrons. The fourth-order valence-electron chi connectivity index (χ4n) is 3.38. The number of halogens is 2. The third kappa shape index (κ3) is 3.81. The highest BCUT2D eigenvalue weighted by molar-refractivity contribution is 6.08. The van der Waals surface area contributed by atoms with Gasteiger partial charge in [-0.05, 0) is 49.2 Å². The Balaban J connectivity index is 1.36. The number of rotatable bonds is 5. The van der Waals surface area contributed by atoms with Crippen LogP contribution >= 0.6 is 0 Å². The van der Waals surface area contributed by atoms with E-state index >= 15 is 0 Å². The van der Waals surface area contributed by atoms with E-state index in [2.05, 4.69) is 25.6 Å². The number of aromatic nitrogens is 5. The predicted molar refractivity (Wildman–Crippen MR) is 110 cm³/mol. The van der Waals surface area contributed by atoms with Crippen LogP contribution in [0.4, 0.5) is 14.5 Å². The van der Waals surface area contributed by atoms with E-state index in [1.807, 2.05) is 12.1 Å². The summed E-state index contributed by atoms with van der Waals surface area (Å²) in [4.78, 5) is 17.4. The van der Waals surface area contributed by atoms with Crippen LogP contribution in [0.15, 0.2) is 48.7 Å². The van der Waals surface area contributed by atoms with Crippen LogP contribution < -0.4 is 5.32 Å². The molecular formula is C22H18F2N6O. The van der Waals surface area contributed by atoms with Crippen molar-refractivity contribution in [2.45, 2.75) is 18.8 Å². The van der Waals surface area contributed by atoms with Gasteiger partial charge in [0.1, 0.15) is 23.2 Å². The van der Waals surface area contributed by atoms with Gasteiger partial charge in [-0.25, -0.2) is 13.8 Å². The molecule has 0 bridgehead atoms. The molecule has 0 unspecified atom stereocenters. The van der Waals surface area contributed by atoms with Crippen LogP contribution in [0.3, 0.4) is 0 Å². The maximum Gasteiger partial charge on any atom is 0.259 e. The summed E-state index contributed by atoms with van der Waals surface area (Å²) in [5.41, 5.74) is 1.76. The third-order valence-electron chi connectivity index (χ3n) is 5.13. The van der Waals surface area contributed by atoms with E-state index in [1.165, 1.54) is 16.9 Å². The maximum atomic E-state index is 14.2. The molecule has 0 aliphatic heterocycles. The number of nitrogens with one attached hydrogen (secondary N) is 2. The highest BCUT2D eigenvalue weighted by Gasteiger charge is 2.27. The zero-order valence-corrected chi connectivity index (χ0v) is 16.6. The van der Waals surface area contributed by atoms with E-state index in [9.17, 15) is 13.6 Å². The van der Waals surface area contributed by atoms with Crippen LogP contribution in [-0.4, -0.2) is 30.9 Å². The van der Waals surface area contributed by atoms with Gasteiger partial charge in [0, 0.05) is 42.0 Å². The molecule has 9 heteroatoms. The molecule has 2 aromatic carbocycles. The van der Waals surface area contributed by atoms with Crippen LogP contribution in [-0.2, 0) is 7.05 Å². The Bertz CT molecular complexity index is 1270. The summed E-state index contributed by atoms with van der Waals surface area (Å²) in [5, 5.41) is 14.2. The lowest BCUT2D eigenvalue weighted by Crippen LogP contribution is -2.12. The normalized spacial score (nSPS) is 13.4. The van der Waals surface area contributed by atoms with Crippen molar-refractivity contribution < 1.29 is 13.6 Å². The van der Waals surface area contributed by atoms with Gasteiger partial charge in [0.25, 0.3) is 5.91 Å². The molecule has 5 rings (SSSR count). The third-order valence-corrected chi connectivity index (χ3v) is 5.13. The number of amides is 1. The summed E-state index contributed by atoms with van der Waals surface area (Å²) < 4.78 is 28.9. The van der Waals surface area contributed by atoms with Gasteiger partial charge in [-0.2, -0.15) is 10.2 Å². The summed E-state index contributed by atoms with van der Waals surface area (Å²) in [6.45, 7) is 0. The van der Waals surface area contributed by atoms with Crippen LogP contribution in [0.25, 0.3) is 22.6 Å². The van der Waals surface area contributed by atoms with E-state index in [1.54, 1.807) is 19.2 Å². The first-order chi connectivity index (χ1) is 15.0. The maximum absolute atomic E-state index is 14.2. The van der Waals surface area contributed by atoms with Gasteiger partial charge in [0.2, 0.25) is 0 Å². The fraction of sp³-hybridized carbons (Fsp3) is 0.182. The number of aromatic amines is 1. The predicted octanol–water partition coefficient (Wildman–Crippen LogP) is 4.28. The molecule has 0 spiro atoms. The molecule has 4 aromatic rings. The highest BCUT2D eigenvalue weighted by Crippen LogP contribution is 2.38. The minimum absolute atomic E-state index is 0.0542. The zero-order chi connectivity index (χ0) is 21.5. The molecule has 2 N–H and O–H groups in total. The Kier molecular flexibility index (Phi) is 4.58. The minimum Gasteiger partial charge on any atom is -0.322 e. The van der Waals surface area contributed by atoms with E-state index in [4.69, 9.17) is 0 Å². The van der Waals surface area contributed by atoms with Crippen LogP contribution in [0, 0.1) is 11.6 Å². The van der Waals surface area contributed by atoms with Crippen molar-refractivity contribution >= 4 is 11.6 Å². The Hall–Kier alpha value is -3.88. The molecule has 0 saturated heterocycles. The second-order valence-electron chi connectivity index (χ2n) is 7.54. The van der Waals surface area contributed by atoms with Crippen LogP contribution in [0.2, 0.25) is 0 Å². The number of hydrogen-bond acceptors (Lipinski definition) is 4. The summed E-state index contributed by atoms with van der Waals surface area (Å²) in [7, 11) is 1.63. The second kappa shape index (κ2) is 7.42. The fourth-order valence-corrected chi connectivity index (χ4v) is 3.38. The van der Waals surface area contributed by atoms with Crippen molar-refractivity contribution in [3.8, 4) is 22.6 Å². The molecular weight excluding hydrogens is 402 g/mol. The lowest BCUT2D eigenvalue weighted by molar-refractivity contribution is 0.102. The molecule has 0 atom stereocenters. The molecule has 2 aromatic heterocycles. The molecule has 7 nitrogen and oxygen atoms in total. The van der Waals surface area contributed by atoms with E-state index < -0.39 is 17.5 Å². The number of nitrogens with zero attached hydrogens (tertiary/aromatic N) is 4. The SMILES string of the molecule is Cn1cc(C(=O)Nc2ccc(-c3n[nH]c(C4CC4)n3)cc2)c(-c2ccc(F)cc2F)n1. The standard InChI is InChI=1S/C22H18F2N6O/c1-30-11-17(19(29-30)16-9-6-14(23)10-18(16)24)22(31)25-15-7-4-13(5-8-15)21-26-20(27-28-21)12-2-3-12/h4-12H,2-3H2,1H3,(H,25,31)(H,26,27,28). The van der Waals surface area contributed by atoms with Gasteiger partial charge in [0.15, 0.2) is 5.82 Å². The van der Waals surface area contributed by atoms with Crippen molar-refractivity contribution in [3.63, 3.8) is 0 Å². The van der Waals surface area contributed by atoms with Gasteiger partial charge >= 0.3 is 0 Å². The average Bonchev–Trinajstić information content (AvgIpc) is 3.34. The van der Waals surface area contributed by atoms with E-state index in [0.717, 1.165) is 36.4 Å². The van der Waals surface area contributed by atoms with Gasteiger partial charge in [-0.3, -0.25) is 14.6 Å². The molecule has 1 saturated carbocycles. The first-order valence-corrected chi connectivity index (χ1v) is 9.81. The van der Waals surface area contributed by atoms with Gasteiger partial charge < -0.3 is 5.32 Å². The first-order valence-electron chi connectivity index (χ1n) is 9.81. The van der Waals surface area contributed by atoms with E-state index in [-0.39, 0.29) is 16.8 Å². The number of anilines is 1. The zero-order valence-electron chi connectivity index (χ0n) is 16.6. The Morgan fingerprint density at radius 2 is 1.94 bits per heavy atom. The van der Waals surface area contributed by atoms with Crippen molar-refractivity contribution in [2.24, 2.45) is 7.05 Å². The largest absolute Gasteiger partial charge is 0.322 e. The van der Waals surface area contributed by atoms with Crippen molar-refractivity contribution in [3.05, 3.63) is 71.7 Å². The number of carbonyl (C=O) groups excluding carboxylic acids is 1. The van der Waals surface area contributed by atoms with Crippen molar-refractivity contribution in [1.29, 1.82) is 0 Å². The van der Waals surface area contributed by atoms with Crippen molar-refractivity contribution in [2.75, 3.05) is 5.32 Å². The quantitative estimate of drug-likeness (QED) is 0.504. The van der Waals surface area contributed by atoms with Crippen LogP contribution in [0.5, 0.6) is 0 Å². The summed E-state index contributed by atoms with van der Waals surface area (Å²) in [6, 6.07) is 10.3. The van der Waals surface area contributed by atoms with Crippen LogP contribution in [0.1, 0.15) is 34.9 Å². The number of aryl methyl sites for hydroxylation is 1. The molecule has 1 aliphatic carbocycles. The Morgan fingerprint density at radius 3 is 2.65 bits per heavy atom. The van der Waals surface area contributed by atoms with E-state index in [0.29, 0.717) is 17.4 Å². The number of hydrogen-bond donors (Lipinski definition) is 2. The smallest absolute Gasteiger partial charge is 0.259 e.